The van der Waals surface area contributed by atoms with Crippen LogP contribution < -0.4 is 5.32 Å². The predicted octanol–water partition coefficient (Wildman–Crippen LogP) is 3.19. The van der Waals surface area contributed by atoms with Gasteiger partial charge in [-0.2, -0.15) is 4.98 Å². The van der Waals surface area contributed by atoms with Gasteiger partial charge in [0.2, 0.25) is 11.7 Å². The first kappa shape index (κ1) is 17.3. The predicted molar refractivity (Wildman–Crippen MR) is 93.5 cm³/mol. The van der Waals surface area contributed by atoms with Crippen LogP contribution >= 0.6 is 0 Å². The first-order valence-corrected chi connectivity index (χ1v) is 7.87. The zero-order chi connectivity index (χ0) is 18.7. The Morgan fingerprint density at radius 1 is 1.19 bits per heavy atom. The Morgan fingerprint density at radius 3 is 2.73 bits per heavy atom. The Labute approximate surface area is 149 Å². The van der Waals surface area contributed by atoms with Gasteiger partial charge < -0.3 is 9.84 Å². The molecule has 0 atom stereocenters. The molecule has 3 aromatic rings. The van der Waals surface area contributed by atoms with E-state index in [0.717, 1.165) is 11.1 Å². The number of hydrogen-bond donors (Lipinski definition) is 1. The number of rotatable bonds is 5. The summed E-state index contributed by atoms with van der Waals surface area (Å²) < 4.78 is 5.10. The molecular weight excluding hydrogens is 336 g/mol. The van der Waals surface area contributed by atoms with Crippen LogP contribution in [-0.2, 0) is 6.54 Å². The van der Waals surface area contributed by atoms with Crippen molar-refractivity contribution in [3.05, 3.63) is 75.2 Å². The largest absolute Gasteiger partial charge is 0.343 e. The van der Waals surface area contributed by atoms with Crippen LogP contribution in [-0.4, -0.2) is 21.0 Å². The van der Waals surface area contributed by atoms with Crippen molar-refractivity contribution < 1.29 is 14.2 Å². The highest BCUT2D eigenvalue weighted by Gasteiger charge is 2.14. The third-order valence-electron chi connectivity index (χ3n) is 3.95. The van der Waals surface area contributed by atoms with Crippen molar-refractivity contribution >= 4 is 11.6 Å². The van der Waals surface area contributed by atoms with Gasteiger partial charge in [-0.1, -0.05) is 23.4 Å². The van der Waals surface area contributed by atoms with Gasteiger partial charge in [-0.05, 0) is 37.1 Å². The van der Waals surface area contributed by atoms with Crippen molar-refractivity contribution in [3.8, 4) is 11.4 Å². The number of carbonyl (C=O) groups excluding carboxylic acids is 1. The van der Waals surface area contributed by atoms with Crippen molar-refractivity contribution in [2.45, 2.75) is 20.4 Å². The van der Waals surface area contributed by atoms with Gasteiger partial charge in [0.05, 0.1) is 11.5 Å². The minimum Gasteiger partial charge on any atom is -0.343 e. The molecule has 0 radical (unpaired) electrons. The van der Waals surface area contributed by atoms with E-state index in [1.807, 2.05) is 26.0 Å². The first-order valence-electron chi connectivity index (χ1n) is 7.87. The molecule has 0 aliphatic heterocycles. The first-order chi connectivity index (χ1) is 12.4. The molecule has 0 saturated carbocycles. The lowest BCUT2D eigenvalue weighted by atomic mass is 10.1. The number of hydrogen-bond acceptors (Lipinski definition) is 6. The van der Waals surface area contributed by atoms with Crippen LogP contribution in [0.2, 0.25) is 0 Å². The summed E-state index contributed by atoms with van der Waals surface area (Å²) >= 11 is 0. The quantitative estimate of drug-likeness (QED) is 0.557. The van der Waals surface area contributed by atoms with Gasteiger partial charge in [-0.15, -0.1) is 0 Å². The van der Waals surface area contributed by atoms with Crippen LogP contribution in [0.1, 0.15) is 27.4 Å². The molecule has 3 rings (SSSR count). The second-order valence-electron chi connectivity index (χ2n) is 5.80. The van der Waals surface area contributed by atoms with Gasteiger partial charge >= 0.3 is 0 Å². The molecule has 1 heterocycles. The van der Waals surface area contributed by atoms with E-state index in [0.29, 0.717) is 11.1 Å². The lowest BCUT2D eigenvalue weighted by molar-refractivity contribution is -0.384. The van der Waals surface area contributed by atoms with Crippen LogP contribution in [0.15, 0.2) is 47.0 Å². The van der Waals surface area contributed by atoms with Crippen LogP contribution in [0, 0.1) is 24.0 Å². The van der Waals surface area contributed by atoms with Crippen LogP contribution in [0.3, 0.4) is 0 Å². The molecule has 26 heavy (non-hydrogen) atoms. The highest BCUT2D eigenvalue weighted by molar-refractivity contribution is 5.94. The summed E-state index contributed by atoms with van der Waals surface area (Å²) in [6, 6.07) is 11.4. The molecule has 8 heteroatoms. The molecule has 132 valence electrons. The minimum absolute atomic E-state index is 0.0584. The Morgan fingerprint density at radius 2 is 2.00 bits per heavy atom. The van der Waals surface area contributed by atoms with Crippen molar-refractivity contribution in [2.75, 3.05) is 0 Å². The Balaban J connectivity index is 1.69. The number of nitrogens with zero attached hydrogens (tertiary/aromatic N) is 3. The number of amides is 1. The Hall–Kier alpha value is -3.55. The maximum atomic E-state index is 12.2. The molecule has 8 nitrogen and oxygen atoms in total. The van der Waals surface area contributed by atoms with E-state index in [1.54, 1.807) is 18.2 Å². The fraction of sp³-hybridized carbons (Fsp3) is 0.167. The molecule has 1 N–H and O–H groups in total. The van der Waals surface area contributed by atoms with Crippen molar-refractivity contribution in [1.82, 2.24) is 15.5 Å². The topological polar surface area (TPSA) is 111 Å². The fourth-order valence-electron chi connectivity index (χ4n) is 2.34. The smallest absolute Gasteiger partial charge is 0.270 e. The molecule has 0 aliphatic rings. The molecular formula is C18H16N4O4. The summed E-state index contributed by atoms with van der Waals surface area (Å²) in [6.45, 7) is 3.98. The molecule has 2 aromatic carbocycles. The van der Waals surface area contributed by atoms with Crippen molar-refractivity contribution in [2.24, 2.45) is 0 Å². The van der Waals surface area contributed by atoms with E-state index in [-0.39, 0.29) is 29.9 Å². The Bertz CT molecular complexity index is 981. The van der Waals surface area contributed by atoms with Gasteiger partial charge in [0.1, 0.15) is 0 Å². The average Bonchev–Trinajstić information content (AvgIpc) is 3.11. The van der Waals surface area contributed by atoms with E-state index in [1.165, 1.54) is 12.1 Å². The summed E-state index contributed by atoms with van der Waals surface area (Å²) in [5.41, 5.74) is 3.10. The van der Waals surface area contributed by atoms with Gasteiger partial charge in [0, 0.05) is 23.3 Å². The average molecular weight is 352 g/mol. The maximum absolute atomic E-state index is 12.2. The monoisotopic (exact) mass is 352 g/mol. The second-order valence-corrected chi connectivity index (χ2v) is 5.80. The lowest BCUT2D eigenvalue weighted by Crippen LogP contribution is -2.23. The minimum atomic E-state index is -0.492. The number of aromatic nitrogens is 2. The summed E-state index contributed by atoms with van der Waals surface area (Å²) in [6.07, 6.45) is 0. The van der Waals surface area contributed by atoms with E-state index in [4.69, 9.17) is 4.52 Å². The molecule has 0 bridgehead atoms. The van der Waals surface area contributed by atoms with Crippen molar-refractivity contribution in [3.63, 3.8) is 0 Å². The third-order valence-corrected chi connectivity index (χ3v) is 3.95. The van der Waals surface area contributed by atoms with Crippen molar-refractivity contribution in [1.29, 1.82) is 0 Å². The summed E-state index contributed by atoms with van der Waals surface area (Å²) in [5, 5.41) is 17.4. The standard InChI is InChI=1S/C18H16N4O4/c1-11-6-7-14(8-12(11)2)18(23)19-10-16-20-17(21-26-16)13-4-3-5-15(9-13)22(24)25/h3-9H,10H2,1-2H3,(H,19,23). The van der Waals surface area contributed by atoms with Gasteiger partial charge in [-0.25, -0.2) is 0 Å². The molecule has 1 aromatic heterocycles. The number of carbonyl (C=O) groups is 1. The molecule has 0 spiro atoms. The van der Waals surface area contributed by atoms with Crippen LogP contribution in [0.4, 0.5) is 5.69 Å². The summed E-state index contributed by atoms with van der Waals surface area (Å²) in [5.74, 6) is 0.191. The lowest BCUT2D eigenvalue weighted by Gasteiger charge is -2.05. The zero-order valence-corrected chi connectivity index (χ0v) is 14.2. The highest BCUT2D eigenvalue weighted by atomic mass is 16.6. The molecule has 0 unspecified atom stereocenters. The maximum Gasteiger partial charge on any atom is 0.270 e. The van der Waals surface area contributed by atoms with E-state index < -0.39 is 4.92 Å². The molecule has 0 saturated heterocycles. The number of nitrogens with one attached hydrogen (secondary N) is 1. The van der Waals surface area contributed by atoms with Gasteiger partial charge in [-0.3, -0.25) is 14.9 Å². The third kappa shape index (κ3) is 3.75. The summed E-state index contributed by atoms with van der Waals surface area (Å²) in [7, 11) is 0. The number of aryl methyl sites for hydroxylation is 2. The molecule has 1 amide bonds. The van der Waals surface area contributed by atoms with Crippen LogP contribution in [0.25, 0.3) is 11.4 Å². The van der Waals surface area contributed by atoms with Gasteiger partial charge in [0.15, 0.2) is 0 Å². The van der Waals surface area contributed by atoms with E-state index in [9.17, 15) is 14.9 Å². The van der Waals surface area contributed by atoms with Crippen LogP contribution in [0.5, 0.6) is 0 Å². The Kier molecular flexibility index (Phi) is 4.74. The van der Waals surface area contributed by atoms with E-state index >= 15 is 0 Å². The number of nitro groups is 1. The SMILES string of the molecule is Cc1ccc(C(=O)NCc2nc(-c3cccc([N+](=O)[O-])c3)no2)cc1C. The fourth-order valence-corrected chi connectivity index (χ4v) is 2.34. The van der Waals surface area contributed by atoms with E-state index in [2.05, 4.69) is 15.5 Å². The number of nitro benzene ring substituents is 1. The summed E-state index contributed by atoms with van der Waals surface area (Å²) in [4.78, 5) is 26.7. The normalized spacial score (nSPS) is 10.5. The zero-order valence-electron chi connectivity index (χ0n) is 14.2. The second kappa shape index (κ2) is 7.14. The highest BCUT2D eigenvalue weighted by Crippen LogP contribution is 2.21. The van der Waals surface area contributed by atoms with Gasteiger partial charge in [0.25, 0.3) is 11.6 Å². The molecule has 0 fully saturated rings. The number of non-ortho nitro benzene ring substituents is 1. The molecule has 0 aliphatic carbocycles. The number of benzene rings is 2.